The second-order valence-corrected chi connectivity index (χ2v) is 21.1. The summed E-state index contributed by atoms with van der Waals surface area (Å²) in [6.45, 7) is 4.92. The number of esters is 1. The van der Waals surface area contributed by atoms with E-state index >= 15 is 0 Å². The number of unbranched alkanes of at least 4 members (excludes halogenated alkanes) is 41. The minimum absolute atomic E-state index is 0.0161. The lowest BCUT2D eigenvalue weighted by atomic mass is 10.0. The highest BCUT2D eigenvalue weighted by Crippen LogP contribution is 2.17. The first-order chi connectivity index (χ1) is 34.0. The van der Waals surface area contributed by atoms with E-state index in [2.05, 4.69) is 55.6 Å². The van der Waals surface area contributed by atoms with Crippen LogP contribution in [0.2, 0.25) is 0 Å². The van der Waals surface area contributed by atoms with Gasteiger partial charge in [-0.3, -0.25) is 9.59 Å². The average Bonchev–Trinajstić information content (AvgIpc) is 3.35. The first-order valence-corrected chi connectivity index (χ1v) is 30.8. The number of carbonyl (C=O) groups excluding carboxylic acids is 2. The largest absolute Gasteiger partial charge is 0.466 e. The van der Waals surface area contributed by atoms with Crippen molar-refractivity contribution in [2.45, 2.75) is 341 Å². The summed E-state index contributed by atoms with van der Waals surface area (Å²) in [5.41, 5.74) is 0. The van der Waals surface area contributed by atoms with Crippen LogP contribution in [0.3, 0.4) is 0 Å². The molecule has 1 amide bonds. The molecule has 69 heavy (non-hydrogen) atoms. The first-order valence-electron chi connectivity index (χ1n) is 30.8. The smallest absolute Gasteiger partial charge is 0.305 e. The zero-order valence-corrected chi connectivity index (χ0v) is 46.3. The molecule has 0 aliphatic heterocycles. The van der Waals surface area contributed by atoms with E-state index in [0.717, 1.165) is 70.6 Å². The average molecular weight is 971 g/mol. The number of allylic oxidation sites excluding steroid dienone is 6. The van der Waals surface area contributed by atoms with Gasteiger partial charge < -0.3 is 20.3 Å². The molecular weight excluding hydrogens is 851 g/mol. The fraction of sp³-hybridized carbons (Fsp3) is 0.873. The van der Waals surface area contributed by atoms with E-state index < -0.39 is 12.1 Å². The Balaban J connectivity index is 3.46. The number of aliphatic hydroxyl groups excluding tert-OH is 2. The molecule has 6 nitrogen and oxygen atoms in total. The maximum absolute atomic E-state index is 12.5. The summed E-state index contributed by atoms with van der Waals surface area (Å²) in [5, 5.41) is 23.3. The van der Waals surface area contributed by atoms with Crippen molar-refractivity contribution in [2.75, 3.05) is 13.2 Å². The summed E-state index contributed by atoms with van der Waals surface area (Å²) in [7, 11) is 0. The van der Waals surface area contributed by atoms with E-state index in [-0.39, 0.29) is 18.5 Å². The molecule has 0 aromatic heterocycles. The summed E-state index contributed by atoms with van der Waals surface area (Å²) in [4.78, 5) is 24.6. The molecule has 0 aliphatic carbocycles. The van der Waals surface area contributed by atoms with Gasteiger partial charge in [0, 0.05) is 12.8 Å². The molecular formula is C63H119NO5. The number of hydrogen-bond donors (Lipinski definition) is 3. The van der Waals surface area contributed by atoms with Crippen LogP contribution in [0.15, 0.2) is 36.5 Å². The van der Waals surface area contributed by atoms with Gasteiger partial charge in [-0.2, -0.15) is 0 Å². The van der Waals surface area contributed by atoms with Gasteiger partial charge in [-0.15, -0.1) is 0 Å². The van der Waals surface area contributed by atoms with Crippen molar-refractivity contribution in [3.63, 3.8) is 0 Å². The van der Waals surface area contributed by atoms with Crippen molar-refractivity contribution in [2.24, 2.45) is 0 Å². The molecule has 0 aliphatic rings. The summed E-state index contributed by atoms with van der Waals surface area (Å²) >= 11 is 0. The molecule has 0 rings (SSSR count). The number of nitrogens with one attached hydrogen (secondary N) is 1. The van der Waals surface area contributed by atoms with Gasteiger partial charge in [-0.05, 0) is 83.5 Å². The Bertz CT molecular complexity index is 1120. The Hall–Kier alpha value is -1.92. The third-order valence-electron chi connectivity index (χ3n) is 14.2. The van der Waals surface area contributed by atoms with Crippen LogP contribution >= 0.6 is 0 Å². The highest BCUT2D eigenvalue weighted by atomic mass is 16.5. The quantitative estimate of drug-likeness (QED) is 0.0244. The van der Waals surface area contributed by atoms with Crippen LogP contribution in [-0.4, -0.2) is 47.4 Å². The van der Waals surface area contributed by atoms with E-state index in [9.17, 15) is 19.8 Å². The number of hydrogen-bond acceptors (Lipinski definition) is 5. The Morgan fingerprint density at radius 3 is 1.12 bits per heavy atom. The van der Waals surface area contributed by atoms with E-state index in [1.807, 2.05) is 0 Å². The lowest BCUT2D eigenvalue weighted by molar-refractivity contribution is -0.143. The second kappa shape index (κ2) is 58.6. The molecule has 0 aromatic carbocycles. The number of carbonyl (C=O) groups is 2. The van der Waals surface area contributed by atoms with Crippen molar-refractivity contribution in [1.82, 2.24) is 5.32 Å². The van der Waals surface area contributed by atoms with Gasteiger partial charge in [0.15, 0.2) is 0 Å². The Morgan fingerprint density at radius 1 is 0.406 bits per heavy atom. The van der Waals surface area contributed by atoms with Crippen LogP contribution in [0.25, 0.3) is 0 Å². The number of aliphatic hydroxyl groups is 2. The molecule has 406 valence electrons. The van der Waals surface area contributed by atoms with Gasteiger partial charge >= 0.3 is 5.97 Å². The summed E-state index contributed by atoms with van der Waals surface area (Å²) in [5.74, 6) is -0.0599. The molecule has 3 N–H and O–H groups in total. The predicted molar refractivity (Wildman–Crippen MR) is 301 cm³/mol. The normalized spacial score (nSPS) is 12.8. The number of amides is 1. The monoisotopic (exact) mass is 970 g/mol. The Labute approximate surface area is 430 Å². The second-order valence-electron chi connectivity index (χ2n) is 21.1. The number of rotatable bonds is 57. The summed E-state index contributed by atoms with van der Waals surface area (Å²) in [6, 6.07) is -0.549. The SMILES string of the molecule is CCCCCCCCC/C=C\CCCCCCCCCC(=O)OCCCCC/C=C\C=C/CCCCCCCCCCCCC(=O)NC(CO)C(O)CCCCCCCCCCCCCCCCC. The van der Waals surface area contributed by atoms with Crippen molar-refractivity contribution < 1.29 is 24.5 Å². The Kier molecular flexibility index (Phi) is 57.0. The molecule has 0 heterocycles. The first kappa shape index (κ1) is 67.1. The van der Waals surface area contributed by atoms with E-state index in [1.54, 1.807) is 0 Å². The zero-order valence-electron chi connectivity index (χ0n) is 46.3. The number of ether oxygens (including phenoxy) is 1. The fourth-order valence-electron chi connectivity index (χ4n) is 9.45. The molecule has 2 unspecified atom stereocenters. The van der Waals surface area contributed by atoms with E-state index in [4.69, 9.17) is 4.74 Å². The minimum atomic E-state index is -0.671. The van der Waals surface area contributed by atoms with Crippen molar-refractivity contribution >= 4 is 11.9 Å². The van der Waals surface area contributed by atoms with Crippen LogP contribution in [0.1, 0.15) is 328 Å². The lowest BCUT2D eigenvalue weighted by Crippen LogP contribution is -2.45. The van der Waals surface area contributed by atoms with Crippen LogP contribution < -0.4 is 5.32 Å². The van der Waals surface area contributed by atoms with Crippen molar-refractivity contribution in [3.05, 3.63) is 36.5 Å². The van der Waals surface area contributed by atoms with E-state index in [1.165, 1.54) is 225 Å². The molecule has 0 aromatic rings. The molecule has 0 saturated carbocycles. The van der Waals surface area contributed by atoms with Gasteiger partial charge in [0.2, 0.25) is 5.91 Å². The van der Waals surface area contributed by atoms with Crippen molar-refractivity contribution in [3.8, 4) is 0 Å². The zero-order chi connectivity index (χ0) is 50.0. The standard InChI is InChI=1S/C63H119NO5/c1-3-5-7-9-11-13-15-17-19-20-25-29-33-37-41-45-49-53-57-63(68)69-58-54-50-46-42-38-34-30-26-23-21-22-24-28-32-36-40-44-48-52-56-62(67)64-60(59-65)61(66)55-51-47-43-39-35-31-27-18-16-14-12-10-8-6-4-2/h19-20,26,30,34,38,60-61,65-66H,3-18,21-25,27-29,31-33,35-37,39-59H2,1-2H3,(H,64,67)/b20-19-,30-26-,38-34-. The minimum Gasteiger partial charge on any atom is -0.466 e. The summed E-state index contributed by atoms with van der Waals surface area (Å²) < 4.78 is 5.47. The molecule has 6 heteroatoms. The maximum atomic E-state index is 12.5. The highest BCUT2D eigenvalue weighted by Gasteiger charge is 2.20. The van der Waals surface area contributed by atoms with Gasteiger partial charge in [-0.1, -0.05) is 269 Å². The maximum Gasteiger partial charge on any atom is 0.305 e. The van der Waals surface area contributed by atoms with Gasteiger partial charge in [0.1, 0.15) is 0 Å². The summed E-state index contributed by atoms with van der Waals surface area (Å²) in [6.07, 6.45) is 72.9. The highest BCUT2D eigenvalue weighted by molar-refractivity contribution is 5.76. The molecule has 0 bridgehead atoms. The molecule has 0 radical (unpaired) electrons. The van der Waals surface area contributed by atoms with Crippen LogP contribution in [-0.2, 0) is 14.3 Å². The van der Waals surface area contributed by atoms with Crippen molar-refractivity contribution in [1.29, 1.82) is 0 Å². The molecule has 0 saturated heterocycles. The van der Waals surface area contributed by atoms with Crippen LogP contribution in [0.5, 0.6) is 0 Å². The van der Waals surface area contributed by atoms with Gasteiger partial charge in [0.05, 0.1) is 25.4 Å². The third kappa shape index (κ3) is 55.2. The molecule has 2 atom stereocenters. The fourth-order valence-corrected chi connectivity index (χ4v) is 9.45. The topological polar surface area (TPSA) is 95.9 Å². The Morgan fingerprint density at radius 2 is 0.725 bits per heavy atom. The molecule has 0 spiro atoms. The van der Waals surface area contributed by atoms with Gasteiger partial charge in [0.25, 0.3) is 0 Å². The van der Waals surface area contributed by atoms with Gasteiger partial charge in [-0.25, -0.2) is 0 Å². The predicted octanol–water partition coefficient (Wildman–Crippen LogP) is 19.2. The van der Waals surface area contributed by atoms with E-state index in [0.29, 0.717) is 25.9 Å². The van der Waals surface area contributed by atoms with Crippen LogP contribution in [0, 0.1) is 0 Å². The third-order valence-corrected chi connectivity index (χ3v) is 14.2. The molecule has 0 fully saturated rings. The van der Waals surface area contributed by atoms with Crippen LogP contribution in [0.4, 0.5) is 0 Å². The lowest BCUT2D eigenvalue weighted by Gasteiger charge is -2.22.